The Hall–Kier alpha value is -1.86. The number of hydrogen-bond donors (Lipinski definition) is 2. The van der Waals surface area contributed by atoms with E-state index in [1.807, 2.05) is 6.07 Å². The highest BCUT2D eigenvalue weighted by Crippen LogP contribution is 2.29. The second-order valence-corrected chi connectivity index (χ2v) is 7.05. The van der Waals surface area contributed by atoms with Crippen LogP contribution in [-0.2, 0) is 10.0 Å². The monoisotopic (exact) mass is 368 g/mol. The van der Waals surface area contributed by atoms with Crippen LogP contribution in [0.3, 0.4) is 0 Å². The highest BCUT2D eigenvalue weighted by atomic mass is 79.9. The van der Waals surface area contributed by atoms with Crippen LogP contribution in [0.25, 0.3) is 10.9 Å². The standard InChI is InChI=1S/C14H10BrFN2O2S/c15-9-7-13-12(5-6-17-13)14(8-9)18-21(19,20)11-3-1-10(16)2-4-11/h1-8,17-18H. The number of H-pyrrole nitrogens is 1. The fourth-order valence-corrected chi connectivity index (χ4v) is 3.56. The zero-order valence-electron chi connectivity index (χ0n) is 10.6. The van der Waals surface area contributed by atoms with Crippen LogP contribution in [0.4, 0.5) is 10.1 Å². The van der Waals surface area contributed by atoms with E-state index in [0.29, 0.717) is 5.69 Å². The zero-order chi connectivity index (χ0) is 15.0. The molecule has 0 saturated heterocycles. The van der Waals surface area contributed by atoms with Crippen molar-refractivity contribution >= 4 is 42.5 Å². The lowest BCUT2D eigenvalue weighted by molar-refractivity contribution is 0.599. The number of aromatic amines is 1. The van der Waals surface area contributed by atoms with Crippen molar-refractivity contribution in [3.05, 3.63) is 59.0 Å². The molecule has 7 heteroatoms. The molecular formula is C14H10BrFN2O2S. The van der Waals surface area contributed by atoms with Crippen LogP contribution in [0.15, 0.2) is 58.0 Å². The van der Waals surface area contributed by atoms with Crippen molar-refractivity contribution in [2.24, 2.45) is 0 Å². The minimum absolute atomic E-state index is 0.00700. The average molecular weight is 369 g/mol. The fraction of sp³-hybridized carbons (Fsp3) is 0. The second-order valence-electron chi connectivity index (χ2n) is 4.45. The number of nitrogens with one attached hydrogen (secondary N) is 2. The third-order valence-electron chi connectivity index (χ3n) is 3.00. The molecule has 21 heavy (non-hydrogen) atoms. The van der Waals surface area contributed by atoms with Crippen molar-refractivity contribution in [3.63, 3.8) is 0 Å². The van der Waals surface area contributed by atoms with Crippen LogP contribution in [-0.4, -0.2) is 13.4 Å². The van der Waals surface area contributed by atoms with Gasteiger partial charge < -0.3 is 4.98 Å². The molecule has 0 aliphatic rings. The van der Waals surface area contributed by atoms with E-state index >= 15 is 0 Å². The molecule has 0 amide bonds. The first kappa shape index (κ1) is 14.1. The van der Waals surface area contributed by atoms with E-state index in [1.165, 1.54) is 12.1 Å². The Balaban J connectivity index is 2.05. The van der Waals surface area contributed by atoms with Gasteiger partial charge in [0.15, 0.2) is 0 Å². The summed E-state index contributed by atoms with van der Waals surface area (Å²) in [6, 6.07) is 9.99. The largest absolute Gasteiger partial charge is 0.361 e. The molecule has 0 bridgehead atoms. The van der Waals surface area contributed by atoms with Gasteiger partial charge in [0.05, 0.1) is 10.6 Å². The van der Waals surface area contributed by atoms with Crippen molar-refractivity contribution in [2.45, 2.75) is 4.90 Å². The molecule has 4 nitrogen and oxygen atoms in total. The van der Waals surface area contributed by atoms with Gasteiger partial charge in [0.1, 0.15) is 5.82 Å². The van der Waals surface area contributed by atoms with E-state index in [0.717, 1.165) is 27.5 Å². The lowest BCUT2D eigenvalue weighted by atomic mass is 10.2. The number of benzene rings is 2. The normalized spacial score (nSPS) is 11.7. The molecule has 0 aliphatic carbocycles. The van der Waals surface area contributed by atoms with Gasteiger partial charge in [-0.3, -0.25) is 4.72 Å². The van der Waals surface area contributed by atoms with Gasteiger partial charge in [0.25, 0.3) is 10.0 Å². The Morgan fingerprint density at radius 3 is 2.52 bits per heavy atom. The van der Waals surface area contributed by atoms with Crippen LogP contribution in [0.1, 0.15) is 0 Å². The summed E-state index contributed by atoms with van der Waals surface area (Å²) in [7, 11) is -3.77. The van der Waals surface area contributed by atoms with Gasteiger partial charge in [-0.25, -0.2) is 12.8 Å². The minimum atomic E-state index is -3.77. The summed E-state index contributed by atoms with van der Waals surface area (Å²) in [5, 5.41) is 0.754. The van der Waals surface area contributed by atoms with Gasteiger partial charge in [-0.2, -0.15) is 0 Å². The number of fused-ring (bicyclic) bond motifs is 1. The van der Waals surface area contributed by atoms with E-state index in [-0.39, 0.29) is 4.90 Å². The van der Waals surface area contributed by atoms with E-state index in [1.54, 1.807) is 18.3 Å². The molecule has 2 N–H and O–H groups in total. The Kier molecular flexibility index (Phi) is 3.46. The summed E-state index contributed by atoms with van der Waals surface area (Å²) >= 11 is 3.34. The first-order valence-corrected chi connectivity index (χ1v) is 8.28. The Bertz CT molecular complexity index is 904. The number of halogens is 2. The lowest BCUT2D eigenvalue weighted by Crippen LogP contribution is -2.13. The van der Waals surface area contributed by atoms with Gasteiger partial charge >= 0.3 is 0 Å². The van der Waals surface area contributed by atoms with Crippen molar-refractivity contribution < 1.29 is 12.8 Å². The van der Waals surface area contributed by atoms with Gasteiger partial charge in [-0.05, 0) is 42.5 Å². The van der Waals surface area contributed by atoms with Gasteiger partial charge in [-0.15, -0.1) is 0 Å². The third kappa shape index (κ3) is 2.79. The SMILES string of the molecule is O=S(=O)(Nc1cc(Br)cc2[nH]ccc12)c1ccc(F)cc1. The molecule has 108 valence electrons. The maximum Gasteiger partial charge on any atom is 0.261 e. The molecule has 1 aromatic heterocycles. The van der Waals surface area contributed by atoms with E-state index in [2.05, 4.69) is 25.6 Å². The highest BCUT2D eigenvalue weighted by Gasteiger charge is 2.16. The summed E-state index contributed by atoms with van der Waals surface area (Å²) in [4.78, 5) is 3.03. The van der Waals surface area contributed by atoms with Gasteiger partial charge in [0.2, 0.25) is 0 Å². The molecule has 0 radical (unpaired) electrons. The average Bonchev–Trinajstić information content (AvgIpc) is 2.87. The molecule has 3 rings (SSSR count). The number of hydrogen-bond acceptors (Lipinski definition) is 2. The molecule has 0 saturated carbocycles. The summed E-state index contributed by atoms with van der Waals surface area (Å²) in [6.45, 7) is 0. The van der Waals surface area contributed by atoms with Gasteiger partial charge in [-0.1, -0.05) is 15.9 Å². The van der Waals surface area contributed by atoms with E-state index in [4.69, 9.17) is 0 Å². The van der Waals surface area contributed by atoms with E-state index < -0.39 is 15.8 Å². The molecule has 1 heterocycles. The van der Waals surface area contributed by atoms with Crippen molar-refractivity contribution in [2.75, 3.05) is 4.72 Å². The Labute approximate surface area is 129 Å². The van der Waals surface area contributed by atoms with Crippen LogP contribution in [0.2, 0.25) is 0 Å². The molecule has 0 atom stereocenters. The molecule has 0 fully saturated rings. The number of aromatic nitrogens is 1. The number of anilines is 1. The molecule has 0 aliphatic heterocycles. The minimum Gasteiger partial charge on any atom is -0.361 e. The van der Waals surface area contributed by atoms with Crippen molar-refractivity contribution in [1.29, 1.82) is 0 Å². The molecule has 3 aromatic rings. The topological polar surface area (TPSA) is 62.0 Å². The molecule has 0 unspecified atom stereocenters. The predicted octanol–water partition coefficient (Wildman–Crippen LogP) is 3.87. The van der Waals surface area contributed by atoms with Crippen LogP contribution in [0.5, 0.6) is 0 Å². The Morgan fingerprint density at radius 2 is 1.81 bits per heavy atom. The Morgan fingerprint density at radius 1 is 1.10 bits per heavy atom. The van der Waals surface area contributed by atoms with Crippen LogP contribution >= 0.6 is 15.9 Å². The summed E-state index contributed by atoms with van der Waals surface area (Å²) in [5.41, 5.74) is 1.26. The second kappa shape index (κ2) is 5.16. The van der Waals surface area contributed by atoms with E-state index in [9.17, 15) is 12.8 Å². The predicted molar refractivity (Wildman–Crippen MR) is 83.2 cm³/mol. The summed E-state index contributed by atoms with van der Waals surface area (Å²) in [6.07, 6.45) is 1.73. The van der Waals surface area contributed by atoms with Crippen LogP contribution < -0.4 is 4.72 Å². The number of sulfonamides is 1. The lowest BCUT2D eigenvalue weighted by Gasteiger charge is -2.10. The smallest absolute Gasteiger partial charge is 0.261 e. The zero-order valence-corrected chi connectivity index (χ0v) is 13.0. The maximum absolute atomic E-state index is 12.9. The number of rotatable bonds is 3. The van der Waals surface area contributed by atoms with Crippen LogP contribution in [0, 0.1) is 5.82 Å². The quantitative estimate of drug-likeness (QED) is 0.736. The first-order valence-electron chi connectivity index (χ1n) is 6.01. The maximum atomic E-state index is 12.9. The fourth-order valence-electron chi connectivity index (χ4n) is 2.03. The molecule has 0 spiro atoms. The molecule has 2 aromatic carbocycles. The van der Waals surface area contributed by atoms with Crippen molar-refractivity contribution in [1.82, 2.24) is 4.98 Å². The highest BCUT2D eigenvalue weighted by molar-refractivity contribution is 9.10. The first-order chi connectivity index (χ1) is 9.95. The van der Waals surface area contributed by atoms with Crippen molar-refractivity contribution in [3.8, 4) is 0 Å². The summed E-state index contributed by atoms with van der Waals surface area (Å²) < 4.78 is 40.8. The van der Waals surface area contributed by atoms with Gasteiger partial charge in [0, 0.05) is 21.6 Å². The molecular weight excluding hydrogens is 359 g/mol. The summed E-state index contributed by atoms with van der Waals surface area (Å²) in [5.74, 6) is -0.482. The third-order valence-corrected chi connectivity index (χ3v) is 4.84.